The van der Waals surface area contributed by atoms with Gasteiger partial charge < -0.3 is 15.5 Å². The first kappa shape index (κ1) is 15.6. The van der Waals surface area contributed by atoms with Gasteiger partial charge in [-0.05, 0) is 5.56 Å². The van der Waals surface area contributed by atoms with Crippen LogP contribution in [0.3, 0.4) is 0 Å². The molecule has 0 aliphatic heterocycles. The summed E-state index contributed by atoms with van der Waals surface area (Å²) in [5.41, 5.74) is 1.05. The second-order valence-electron chi connectivity index (χ2n) is 4.84. The zero-order chi connectivity index (χ0) is 15.8. The minimum absolute atomic E-state index is 0.185. The summed E-state index contributed by atoms with van der Waals surface area (Å²) in [5.74, 6) is 0.354. The van der Waals surface area contributed by atoms with E-state index < -0.39 is 0 Å². The van der Waals surface area contributed by atoms with Gasteiger partial charge in [0.2, 0.25) is 5.91 Å². The summed E-state index contributed by atoms with van der Waals surface area (Å²) in [5, 5.41) is 11.7. The third-order valence-corrected chi connectivity index (χ3v) is 3.01. The molecule has 1 aromatic heterocycles. The van der Waals surface area contributed by atoms with E-state index in [1.54, 1.807) is 24.2 Å². The van der Waals surface area contributed by atoms with Crippen molar-refractivity contribution in [3.8, 4) is 0 Å². The third-order valence-electron chi connectivity index (χ3n) is 3.01. The van der Waals surface area contributed by atoms with Crippen LogP contribution in [0.2, 0.25) is 0 Å². The molecule has 2 rings (SSSR count). The summed E-state index contributed by atoms with van der Waals surface area (Å²) in [6.45, 7) is 0.797. The molecule has 2 aromatic rings. The summed E-state index contributed by atoms with van der Waals surface area (Å²) < 4.78 is 0. The van der Waals surface area contributed by atoms with E-state index in [1.807, 2.05) is 30.3 Å². The van der Waals surface area contributed by atoms with Crippen LogP contribution in [0.25, 0.3) is 0 Å². The van der Waals surface area contributed by atoms with Crippen molar-refractivity contribution >= 4 is 17.8 Å². The first-order valence-corrected chi connectivity index (χ1v) is 6.97. The van der Waals surface area contributed by atoms with Crippen molar-refractivity contribution in [2.24, 2.45) is 0 Å². The first-order valence-electron chi connectivity index (χ1n) is 6.97. The number of aromatic nitrogens is 2. The highest BCUT2D eigenvalue weighted by molar-refractivity contribution is 5.90. The summed E-state index contributed by atoms with van der Waals surface area (Å²) in [6, 6.07) is 11.2. The molecule has 0 radical (unpaired) electrons. The van der Waals surface area contributed by atoms with Crippen molar-refractivity contribution in [2.45, 2.75) is 13.0 Å². The molecular weight excluding hydrogens is 282 g/mol. The molecule has 7 nitrogen and oxygen atoms in total. The van der Waals surface area contributed by atoms with Crippen LogP contribution in [0.15, 0.2) is 42.6 Å². The fourth-order valence-electron chi connectivity index (χ4n) is 1.89. The average molecular weight is 301 g/mol. The molecule has 1 heterocycles. The maximum Gasteiger partial charge on any atom is 0.317 e. The maximum absolute atomic E-state index is 11.9. The Morgan fingerprint density at radius 1 is 1.23 bits per heavy atom. The van der Waals surface area contributed by atoms with Crippen LogP contribution < -0.4 is 10.6 Å². The van der Waals surface area contributed by atoms with Crippen LogP contribution in [0.5, 0.6) is 0 Å². The zero-order valence-corrected chi connectivity index (χ0v) is 12.4. The van der Waals surface area contributed by atoms with E-state index in [9.17, 15) is 9.59 Å². The molecular formula is C15H19N5O2. The molecule has 0 saturated carbocycles. The maximum atomic E-state index is 11.9. The number of carbonyl (C=O) groups is 2. The Labute approximate surface area is 128 Å². The lowest BCUT2D eigenvalue weighted by atomic mass is 10.2. The van der Waals surface area contributed by atoms with E-state index in [-0.39, 0.29) is 24.9 Å². The number of urea groups is 1. The topological polar surface area (TPSA) is 90.1 Å². The lowest BCUT2D eigenvalue weighted by Gasteiger charge is -2.18. The largest absolute Gasteiger partial charge is 0.337 e. The fourth-order valence-corrected chi connectivity index (χ4v) is 1.89. The van der Waals surface area contributed by atoms with E-state index in [0.717, 1.165) is 5.56 Å². The van der Waals surface area contributed by atoms with E-state index in [0.29, 0.717) is 12.4 Å². The first-order chi connectivity index (χ1) is 10.6. The number of nitrogens with zero attached hydrogens (tertiary/aromatic N) is 2. The summed E-state index contributed by atoms with van der Waals surface area (Å²) in [6.07, 6.45) is 1.75. The summed E-state index contributed by atoms with van der Waals surface area (Å²) in [7, 11) is 1.72. The van der Waals surface area contributed by atoms with Gasteiger partial charge in [0.1, 0.15) is 5.82 Å². The highest BCUT2D eigenvalue weighted by Crippen LogP contribution is 2.03. The zero-order valence-electron chi connectivity index (χ0n) is 12.4. The van der Waals surface area contributed by atoms with Crippen LogP contribution >= 0.6 is 0 Å². The van der Waals surface area contributed by atoms with Crippen LogP contribution in [0, 0.1) is 0 Å². The molecule has 0 atom stereocenters. The van der Waals surface area contributed by atoms with Gasteiger partial charge in [-0.25, -0.2) is 4.79 Å². The van der Waals surface area contributed by atoms with E-state index in [4.69, 9.17) is 0 Å². The smallest absolute Gasteiger partial charge is 0.317 e. The van der Waals surface area contributed by atoms with Gasteiger partial charge >= 0.3 is 6.03 Å². The Balaban J connectivity index is 1.67. The number of amides is 3. The van der Waals surface area contributed by atoms with Crippen molar-refractivity contribution in [1.29, 1.82) is 0 Å². The predicted octanol–water partition coefficient (Wildman–Crippen LogP) is 1.58. The number of rotatable bonds is 6. The molecule has 116 valence electrons. The number of aromatic amines is 1. The third kappa shape index (κ3) is 4.93. The molecule has 1 aromatic carbocycles. The Kier molecular flexibility index (Phi) is 5.53. The number of hydrogen-bond donors (Lipinski definition) is 3. The minimum Gasteiger partial charge on any atom is -0.337 e. The Hall–Kier alpha value is -2.83. The Morgan fingerprint density at radius 3 is 2.68 bits per heavy atom. The summed E-state index contributed by atoms with van der Waals surface area (Å²) in [4.78, 5) is 25.1. The van der Waals surface area contributed by atoms with Crippen molar-refractivity contribution in [1.82, 2.24) is 20.4 Å². The van der Waals surface area contributed by atoms with Gasteiger partial charge in [-0.2, -0.15) is 5.10 Å². The van der Waals surface area contributed by atoms with Gasteiger partial charge in [-0.15, -0.1) is 0 Å². The van der Waals surface area contributed by atoms with Crippen LogP contribution in [0.1, 0.15) is 12.0 Å². The molecule has 0 unspecified atom stereocenters. The molecule has 3 amide bonds. The van der Waals surface area contributed by atoms with Gasteiger partial charge in [0, 0.05) is 32.6 Å². The Morgan fingerprint density at radius 2 is 2.00 bits per heavy atom. The SMILES string of the molecule is CN(Cc1ccccc1)C(=O)NCCC(=O)Nc1ccn[nH]1. The van der Waals surface area contributed by atoms with Gasteiger partial charge in [-0.1, -0.05) is 30.3 Å². The molecule has 22 heavy (non-hydrogen) atoms. The highest BCUT2D eigenvalue weighted by Gasteiger charge is 2.09. The fraction of sp³-hybridized carbons (Fsp3) is 0.267. The molecule has 0 bridgehead atoms. The quantitative estimate of drug-likeness (QED) is 0.756. The molecule has 0 aliphatic rings. The number of anilines is 1. The van der Waals surface area contributed by atoms with Crippen molar-refractivity contribution in [3.05, 3.63) is 48.2 Å². The van der Waals surface area contributed by atoms with Crippen LogP contribution in [-0.2, 0) is 11.3 Å². The number of H-pyrrole nitrogens is 1. The van der Waals surface area contributed by atoms with Crippen molar-refractivity contribution in [3.63, 3.8) is 0 Å². The minimum atomic E-state index is -0.210. The van der Waals surface area contributed by atoms with Gasteiger partial charge in [0.25, 0.3) is 0 Å². The second kappa shape index (κ2) is 7.82. The highest BCUT2D eigenvalue weighted by atomic mass is 16.2. The standard InChI is InChI=1S/C15H19N5O2/c1-20(11-12-5-3-2-4-6-12)15(22)16-9-8-14(21)18-13-7-10-17-19-13/h2-7,10H,8-9,11H2,1H3,(H,16,22)(H2,17,18,19,21). The molecule has 0 spiro atoms. The lowest BCUT2D eigenvalue weighted by Crippen LogP contribution is -2.38. The normalized spacial score (nSPS) is 10.0. The van der Waals surface area contributed by atoms with Crippen LogP contribution in [0.4, 0.5) is 10.6 Å². The molecule has 0 aliphatic carbocycles. The van der Waals surface area contributed by atoms with Crippen LogP contribution in [-0.4, -0.2) is 40.6 Å². The monoisotopic (exact) mass is 301 g/mol. The predicted molar refractivity (Wildman–Crippen MR) is 83.1 cm³/mol. The van der Waals surface area contributed by atoms with E-state index in [2.05, 4.69) is 20.8 Å². The average Bonchev–Trinajstić information content (AvgIpc) is 3.01. The van der Waals surface area contributed by atoms with E-state index >= 15 is 0 Å². The number of hydrogen-bond acceptors (Lipinski definition) is 3. The van der Waals surface area contributed by atoms with Gasteiger partial charge in [0.15, 0.2) is 0 Å². The van der Waals surface area contributed by atoms with Crippen molar-refractivity contribution < 1.29 is 9.59 Å². The van der Waals surface area contributed by atoms with E-state index in [1.165, 1.54) is 0 Å². The molecule has 0 saturated heterocycles. The number of nitrogens with one attached hydrogen (secondary N) is 3. The number of benzene rings is 1. The molecule has 7 heteroatoms. The summed E-state index contributed by atoms with van der Waals surface area (Å²) >= 11 is 0. The Bertz CT molecular complexity index is 598. The number of carbonyl (C=O) groups excluding carboxylic acids is 2. The van der Waals surface area contributed by atoms with Crippen molar-refractivity contribution in [2.75, 3.05) is 18.9 Å². The molecule has 0 fully saturated rings. The van der Waals surface area contributed by atoms with Gasteiger partial charge in [0.05, 0.1) is 6.20 Å². The second-order valence-corrected chi connectivity index (χ2v) is 4.84. The van der Waals surface area contributed by atoms with Gasteiger partial charge in [-0.3, -0.25) is 9.89 Å². The molecule has 3 N–H and O–H groups in total. The lowest BCUT2D eigenvalue weighted by molar-refractivity contribution is -0.116.